The van der Waals surface area contributed by atoms with Crippen molar-refractivity contribution >= 4 is 16.9 Å². The second-order valence-corrected chi connectivity index (χ2v) is 6.15. The van der Waals surface area contributed by atoms with Crippen molar-refractivity contribution in [2.75, 3.05) is 20.6 Å². The summed E-state index contributed by atoms with van der Waals surface area (Å²) in [6, 6.07) is 18.0. The van der Waals surface area contributed by atoms with Crippen LogP contribution in [0.3, 0.4) is 0 Å². The maximum absolute atomic E-state index is 12.6. The molecule has 4 nitrogen and oxygen atoms in total. The van der Waals surface area contributed by atoms with E-state index < -0.39 is 0 Å². The molecular weight excluding hydrogens is 300 g/mol. The van der Waals surface area contributed by atoms with Gasteiger partial charge in [0.05, 0.1) is 6.04 Å². The summed E-state index contributed by atoms with van der Waals surface area (Å²) >= 11 is 0. The van der Waals surface area contributed by atoms with Crippen molar-refractivity contribution in [2.45, 2.75) is 13.0 Å². The van der Waals surface area contributed by atoms with Crippen molar-refractivity contribution in [1.29, 1.82) is 0 Å². The third-order valence-corrected chi connectivity index (χ3v) is 4.31. The molecule has 0 aliphatic carbocycles. The number of fused-ring (bicyclic) bond motifs is 1. The molecule has 0 bridgehead atoms. The van der Waals surface area contributed by atoms with E-state index in [4.69, 9.17) is 4.42 Å². The number of nitrogens with zero attached hydrogens (tertiary/aromatic N) is 1. The van der Waals surface area contributed by atoms with E-state index in [1.807, 2.05) is 63.5 Å². The van der Waals surface area contributed by atoms with Gasteiger partial charge in [0, 0.05) is 17.5 Å². The minimum absolute atomic E-state index is 0.111. The van der Waals surface area contributed by atoms with Gasteiger partial charge in [-0.05, 0) is 32.6 Å². The number of carbonyl (C=O) groups excluding carboxylic acids is 1. The molecule has 1 aromatic heterocycles. The number of hydrogen-bond acceptors (Lipinski definition) is 3. The van der Waals surface area contributed by atoms with E-state index in [9.17, 15) is 4.79 Å². The number of para-hydroxylation sites is 1. The van der Waals surface area contributed by atoms with E-state index in [0.29, 0.717) is 12.3 Å². The average molecular weight is 322 g/mol. The van der Waals surface area contributed by atoms with Gasteiger partial charge in [-0.25, -0.2) is 0 Å². The fourth-order valence-electron chi connectivity index (χ4n) is 2.93. The number of hydrogen-bond donors (Lipinski definition) is 1. The lowest BCUT2D eigenvalue weighted by Crippen LogP contribution is -2.34. The number of nitrogens with one attached hydrogen (secondary N) is 1. The fraction of sp³-hybridized carbons (Fsp3) is 0.250. The van der Waals surface area contributed by atoms with Crippen LogP contribution in [0.1, 0.15) is 27.7 Å². The van der Waals surface area contributed by atoms with E-state index in [0.717, 1.165) is 16.5 Å². The lowest BCUT2D eigenvalue weighted by molar-refractivity contribution is 0.0915. The highest BCUT2D eigenvalue weighted by atomic mass is 16.3. The standard InChI is InChI=1S/C20H22N2O2/c1-14-16-11-7-8-12-18(16)24-19(14)20(23)21-13-17(22(2)3)15-9-5-4-6-10-15/h4-12,17H,13H2,1-3H3,(H,21,23). The van der Waals surface area contributed by atoms with E-state index in [1.54, 1.807) is 0 Å². The van der Waals surface area contributed by atoms with Gasteiger partial charge in [-0.15, -0.1) is 0 Å². The van der Waals surface area contributed by atoms with Crippen LogP contribution in [0.5, 0.6) is 0 Å². The van der Waals surface area contributed by atoms with Crippen LogP contribution in [0.25, 0.3) is 11.0 Å². The molecule has 0 spiro atoms. The Morgan fingerprint density at radius 1 is 1.08 bits per heavy atom. The highest BCUT2D eigenvalue weighted by Crippen LogP contribution is 2.25. The van der Waals surface area contributed by atoms with E-state index in [-0.39, 0.29) is 11.9 Å². The molecule has 124 valence electrons. The van der Waals surface area contributed by atoms with Crippen LogP contribution in [0.4, 0.5) is 0 Å². The van der Waals surface area contributed by atoms with Crippen LogP contribution in [0.2, 0.25) is 0 Å². The predicted octanol–water partition coefficient (Wildman–Crippen LogP) is 3.77. The molecule has 4 heteroatoms. The molecule has 0 aliphatic heterocycles. The molecule has 0 radical (unpaired) electrons. The number of rotatable bonds is 5. The first-order valence-corrected chi connectivity index (χ1v) is 8.05. The van der Waals surface area contributed by atoms with Crippen molar-refractivity contribution in [3.05, 3.63) is 71.5 Å². The molecule has 3 rings (SSSR count). The molecule has 3 aromatic rings. The maximum atomic E-state index is 12.6. The minimum Gasteiger partial charge on any atom is -0.451 e. The van der Waals surface area contributed by atoms with Crippen LogP contribution in [0, 0.1) is 6.92 Å². The van der Waals surface area contributed by atoms with Crippen molar-refractivity contribution in [2.24, 2.45) is 0 Å². The molecule has 0 aliphatic rings. The van der Waals surface area contributed by atoms with Gasteiger partial charge in [-0.1, -0.05) is 48.5 Å². The van der Waals surface area contributed by atoms with E-state index in [1.165, 1.54) is 5.56 Å². The summed E-state index contributed by atoms with van der Waals surface area (Å²) in [4.78, 5) is 14.7. The second-order valence-electron chi connectivity index (χ2n) is 6.15. The van der Waals surface area contributed by atoms with Crippen LogP contribution >= 0.6 is 0 Å². The van der Waals surface area contributed by atoms with Crippen molar-refractivity contribution in [3.63, 3.8) is 0 Å². The summed E-state index contributed by atoms with van der Waals surface area (Å²) < 4.78 is 5.73. The zero-order valence-corrected chi connectivity index (χ0v) is 14.2. The Morgan fingerprint density at radius 2 is 1.75 bits per heavy atom. The summed E-state index contributed by atoms with van der Waals surface area (Å²) in [5.74, 6) is 0.216. The average Bonchev–Trinajstić information content (AvgIpc) is 2.93. The van der Waals surface area contributed by atoms with Crippen LogP contribution in [-0.2, 0) is 0 Å². The third kappa shape index (κ3) is 3.19. The summed E-state index contributed by atoms with van der Waals surface area (Å²) in [6.45, 7) is 2.44. The van der Waals surface area contributed by atoms with Crippen LogP contribution in [-0.4, -0.2) is 31.4 Å². The Kier molecular flexibility index (Phi) is 4.67. The topological polar surface area (TPSA) is 45.5 Å². The largest absolute Gasteiger partial charge is 0.451 e. The molecular formula is C20H22N2O2. The minimum atomic E-state index is -0.175. The highest BCUT2D eigenvalue weighted by molar-refractivity contribution is 5.98. The molecule has 0 saturated heterocycles. The van der Waals surface area contributed by atoms with Gasteiger partial charge in [0.15, 0.2) is 5.76 Å². The Balaban J connectivity index is 1.77. The quantitative estimate of drug-likeness (QED) is 0.777. The molecule has 0 saturated carbocycles. The Bertz CT molecular complexity index is 837. The zero-order valence-electron chi connectivity index (χ0n) is 14.2. The Morgan fingerprint density at radius 3 is 2.42 bits per heavy atom. The number of furan rings is 1. The first-order valence-electron chi connectivity index (χ1n) is 8.05. The molecule has 0 fully saturated rings. The predicted molar refractivity (Wildman–Crippen MR) is 96.2 cm³/mol. The molecule has 1 N–H and O–H groups in total. The zero-order chi connectivity index (χ0) is 17.1. The number of aryl methyl sites for hydroxylation is 1. The summed E-state index contributed by atoms with van der Waals surface area (Å²) in [5.41, 5.74) is 2.79. The summed E-state index contributed by atoms with van der Waals surface area (Å²) in [7, 11) is 4.02. The van der Waals surface area contributed by atoms with Gasteiger partial charge in [0.1, 0.15) is 5.58 Å². The third-order valence-electron chi connectivity index (χ3n) is 4.31. The van der Waals surface area contributed by atoms with Crippen LogP contribution < -0.4 is 5.32 Å². The SMILES string of the molecule is Cc1c(C(=O)NCC(c2ccccc2)N(C)C)oc2ccccc12. The Hall–Kier alpha value is -2.59. The molecule has 24 heavy (non-hydrogen) atoms. The molecule has 1 amide bonds. The summed E-state index contributed by atoms with van der Waals surface area (Å²) in [6.07, 6.45) is 0. The smallest absolute Gasteiger partial charge is 0.287 e. The van der Waals surface area contributed by atoms with Gasteiger partial charge >= 0.3 is 0 Å². The summed E-state index contributed by atoms with van der Waals surface area (Å²) in [5, 5.41) is 3.99. The number of benzene rings is 2. The first-order chi connectivity index (χ1) is 11.6. The fourth-order valence-corrected chi connectivity index (χ4v) is 2.93. The van der Waals surface area contributed by atoms with Crippen molar-refractivity contribution < 1.29 is 9.21 Å². The molecule has 2 aromatic carbocycles. The van der Waals surface area contributed by atoms with Crippen molar-refractivity contribution in [3.8, 4) is 0 Å². The lowest BCUT2D eigenvalue weighted by atomic mass is 10.1. The first kappa shape index (κ1) is 16.3. The second kappa shape index (κ2) is 6.89. The molecule has 1 unspecified atom stereocenters. The Labute approximate surface area is 142 Å². The molecule has 1 heterocycles. The highest BCUT2D eigenvalue weighted by Gasteiger charge is 2.20. The number of carbonyl (C=O) groups is 1. The van der Waals surface area contributed by atoms with Crippen LogP contribution in [0.15, 0.2) is 59.0 Å². The van der Waals surface area contributed by atoms with Gasteiger partial charge in [0.25, 0.3) is 5.91 Å². The van der Waals surface area contributed by atoms with E-state index >= 15 is 0 Å². The van der Waals surface area contributed by atoms with Gasteiger partial charge in [-0.2, -0.15) is 0 Å². The van der Waals surface area contributed by atoms with Gasteiger partial charge < -0.3 is 14.6 Å². The van der Waals surface area contributed by atoms with Gasteiger partial charge in [-0.3, -0.25) is 4.79 Å². The maximum Gasteiger partial charge on any atom is 0.287 e. The number of amides is 1. The van der Waals surface area contributed by atoms with Crippen molar-refractivity contribution in [1.82, 2.24) is 10.2 Å². The van der Waals surface area contributed by atoms with E-state index in [2.05, 4.69) is 22.3 Å². The normalized spacial score (nSPS) is 12.5. The monoisotopic (exact) mass is 322 g/mol. The molecule has 1 atom stereocenters. The lowest BCUT2D eigenvalue weighted by Gasteiger charge is -2.25. The number of likely N-dealkylation sites (N-methyl/N-ethyl adjacent to an activating group) is 1. The van der Waals surface area contributed by atoms with Gasteiger partial charge in [0.2, 0.25) is 0 Å².